The Morgan fingerprint density at radius 1 is 1.00 bits per heavy atom. The molecule has 0 bridgehead atoms. The number of amides is 2. The van der Waals surface area contributed by atoms with Gasteiger partial charge in [0.1, 0.15) is 12.2 Å². The molecule has 0 fully saturated rings. The Labute approximate surface area is 178 Å². The summed E-state index contributed by atoms with van der Waals surface area (Å²) in [6.07, 6.45) is 1.15. The quantitative estimate of drug-likeness (QED) is 0.331. The van der Waals surface area contributed by atoms with Crippen molar-refractivity contribution < 1.29 is 23.5 Å². The summed E-state index contributed by atoms with van der Waals surface area (Å²) in [5, 5.41) is 0.718. The number of hydrogen-bond acceptors (Lipinski definition) is 6. The van der Waals surface area contributed by atoms with Gasteiger partial charge in [0.05, 0.1) is 11.1 Å². The van der Waals surface area contributed by atoms with E-state index in [9.17, 15) is 19.2 Å². The molecule has 1 aromatic heterocycles. The van der Waals surface area contributed by atoms with Crippen molar-refractivity contribution in [2.75, 3.05) is 6.54 Å². The van der Waals surface area contributed by atoms with Gasteiger partial charge >= 0.3 is 11.6 Å². The smallest absolute Gasteiger partial charge is 0.336 e. The minimum absolute atomic E-state index is 0.0484. The summed E-state index contributed by atoms with van der Waals surface area (Å²) in [4.78, 5) is 49.9. The highest BCUT2D eigenvalue weighted by molar-refractivity contribution is 6.21. The zero-order valence-corrected chi connectivity index (χ0v) is 17.1. The summed E-state index contributed by atoms with van der Waals surface area (Å²) in [5.41, 5.74) is 2.34. The van der Waals surface area contributed by atoms with Crippen molar-refractivity contribution in [1.82, 2.24) is 4.90 Å². The number of hydrogen-bond donors (Lipinski definition) is 0. The molecule has 0 unspecified atom stereocenters. The molecule has 0 atom stereocenters. The van der Waals surface area contributed by atoms with Gasteiger partial charge in [-0.05, 0) is 36.6 Å². The molecule has 0 saturated carbocycles. The second kappa shape index (κ2) is 8.55. The van der Waals surface area contributed by atoms with Crippen molar-refractivity contribution in [3.63, 3.8) is 0 Å². The number of imide groups is 1. The average molecular weight is 419 g/mol. The van der Waals surface area contributed by atoms with Gasteiger partial charge in [0, 0.05) is 30.0 Å². The van der Waals surface area contributed by atoms with Crippen LogP contribution in [0.4, 0.5) is 0 Å². The third kappa shape index (κ3) is 4.12. The fraction of sp³-hybridized carbons (Fsp3) is 0.250. The van der Waals surface area contributed by atoms with Gasteiger partial charge in [-0.2, -0.15) is 0 Å². The molecular weight excluding hydrogens is 398 g/mol. The molecule has 3 aromatic rings. The summed E-state index contributed by atoms with van der Waals surface area (Å²) in [6, 6.07) is 13.6. The van der Waals surface area contributed by atoms with Crippen LogP contribution in [0.5, 0.6) is 0 Å². The molecular formula is C24H21NO6. The summed E-state index contributed by atoms with van der Waals surface area (Å²) >= 11 is 0. The van der Waals surface area contributed by atoms with Gasteiger partial charge in [-0.1, -0.05) is 31.2 Å². The monoisotopic (exact) mass is 419 g/mol. The van der Waals surface area contributed by atoms with E-state index < -0.39 is 11.6 Å². The highest BCUT2D eigenvalue weighted by atomic mass is 16.5. The molecule has 2 heterocycles. The molecule has 7 heteroatoms. The van der Waals surface area contributed by atoms with Gasteiger partial charge in [0.2, 0.25) is 0 Å². The first kappa shape index (κ1) is 20.5. The van der Waals surface area contributed by atoms with E-state index in [1.807, 2.05) is 25.1 Å². The van der Waals surface area contributed by atoms with E-state index in [-0.39, 0.29) is 31.4 Å². The Morgan fingerprint density at radius 2 is 1.71 bits per heavy atom. The molecule has 0 radical (unpaired) electrons. The van der Waals surface area contributed by atoms with Gasteiger partial charge in [0.25, 0.3) is 11.8 Å². The average Bonchev–Trinajstić information content (AvgIpc) is 3.02. The van der Waals surface area contributed by atoms with Crippen LogP contribution in [0.2, 0.25) is 0 Å². The summed E-state index contributed by atoms with van der Waals surface area (Å²) < 4.78 is 10.6. The standard InChI is InChI=1S/C24H21NO6/c1-2-15-9-10-17-16(13-22(27)31-20(17)12-15)14-30-21(26)8-5-11-25-23(28)18-6-3-4-7-19(18)24(25)29/h3-4,6-7,9-10,12-13H,2,5,8,11,14H2,1H3. The zero-order chi connectivity index (χ0) is 22.0. The highest BCUT2D eigenvalue weighted by Crippen LogP contribution is 2.23. The molecule has 0 aliphatic carbocycles. The minimum atomic E-state index is -0.502. The lowest BCUT2D eigenvalue weighted by atomic mass is 10.1. The first-order chi connectivity index (χ1) is 15.0. The van der Waals surface area contributed by atoms with Crippen molar-refractivity contribution in [1.29, 1.82) is 0 Å². The van der Waals surface area contributed by atoms with Gasteiger partial charge < -0.3 is 9.15 Å². The Bertz CT molecular complexity index is 1210. The lowest BCUT2D eigenvalue weighted by Gasteiger charge is -2.13. The number of fused-ring (bicyclic) bond motifs is 2. The predicted molar refractivity (Wildman–Crippen MR) is 113 cm³/mol. The summed E-state index contributed by atoms with van der Waals surface area (Å²) in [5.74, 6) is -1.16. The maximum atomic E-state index is 12.3. The Hall–Kier alpha value is -3.74. The Balaban J connectivity index is 1.34. The van der Waals surface area contributed by atoms with Crippen molar-refractivity contribution >= 4 is 28.8 Å². The fourth-order valence-electron chi connectivity index (χ4n) is 3.67. The molecule has 2 amide bonds. The maximum Gasteiger partial charge on any atom is 0.336 e. The predicted octanol–water partition coefficient (Wildman–Crippen LogP) is 3.48. The number of carbonyl (C=O) groups excluding carboxylic acids is 3. The van der Waals surface area contributed by atoms with Crippen LogP contribution >= 0.6 is 0 Å². The van der Waals surface area contributed by atoms with Crippen LogP contribution in [-0.2, 0) is 22.6 Å². The highest BCUT2D eigenvalue weighted by Gasteiger charge is 2.34. The Morgan fingerprint density at radius 3 is 2.39 bits per heavy atom. The van der Waals surface area contributed by atoms with Crippen LogP contribution < -0.4 is 5.63 Å². The van der Waals surface area contributed by atoms with Crippen molar-refractivity contribution in [3.8, 4) is 0 Å². The van der Waals surface area contributed by atoms with Crippen LogP contribution in [0.3, 0.4) is 0 Å². The van der Waals surface area contributed by atoms with Crippen molar-refractivity contribution in [3.05, 3.63) is 81.2 Å². The first-order valence-corrected chi connectivity index (χ1v) is 10.1. The molecule has 0 saturated heterocycles. The van der Waals surface area contributed by atoms with Gasteiger partial charge in [-0.3, -0.25) is 19.3 Å². The third-order valence-corrected chi connectivity index (χ3v) is 5.33. The first-order valence-electron chi connectivity index (χ1n) is 10.1. The number of ether oxygens (including phenoxy) is 1. The maximum absolute atomic E-state index is 12.3. The molecule has 2 aromatic carbocycles. The minimum Gasteiger partial charge on any atom is -0.461 e. The Kier molecular flexibility index (Phi) is 5.66. The molecule has 1 aliphatic heterocycles. The summed E-state index contributed by atoms with van der Waals surface area (Å²) in [7, 11) is 0. The van der Waals surface area contributed by atoms with E-state index in [2.05, 4.69) is 0 Å². The number of esters is 1. The zero-order valence-electron chi connectivity index (χ0n) is 17.1. The molecule has 4 rings (SSSR count). The fourth-order valence-corrected chi connectivity index (χ4v) is 3.67. The summed E-state index contributed by atoms with van der Waals surface area (Å²) in [6.45, 7) is 2.09. The van der Waals surface area contributed by atoms with Gasteiger partial charge in [-0.15, -0.1) is 0 Å². The van der Waals surface area contributed by atoms with E-state index in [1.165, 1.54) is 6.07 Å². The number of carbonyl (C=O) groups is 3. The number of benzene rings is 2. The van der Waals surface area contributed by atoms with Crippen molar-refractivity contribution in [2.45, 2.75) is 32.8 Å². The van der Waals surface area contributed by atoms with E-state index in [0.717, 1.165) is 22.3 Å². The molecule has 7 nitrogen and oxygen atoms in total. The van der Waals surface area contributed by atoms with E-state index >= 15 is 0 Å². The van der Waals surface area contributed by atoms with Crippen LogP contribution in [-0.4, -0.2) is 29.2 Å². The lowest BCUT2D eigenvalue weighted by molar-refractivity contribution is -0.145. The van der Waals surface area contributed by atoms with E-state index in [1.54, 1.807) is 24.3 Å². The molecule has 1 aliphatic rings. The van der Waals surface area contributed by atoms with E-state index in [4.69, 9.17) is 9.15 Å². The van der Waals surface area contributed by atoms with Crippen molar-refractivity contribution in [2.24, 2.45) is 0 Å². The second-order valence-electron chi connectivity index (χ2n) is 7.35. The third-order valence-electron chi connectivity index (χ3n) is 5.33. The van der Waals surface area contributed by atoms with Gasteiger partial charge in [-0.25, -0.2) is 4.79 Å². The number of nitrogens with zero attached hydrogens (tertiary/aromatic N) is 1. The van der Waals surface area contributed by atoms with Crippen LogP contribution in [0.1, 0.15) is 51.6 Å². The molecule has 158 valence electrons. The normalized spacial score (nSPS) is 13.0. The van der Waals surface area contributed by atoms with E-state index in [0.29, 0.717) is 28.7 Å². The topological polar surface area (TPSA) is 93.9 Å². The number of rotatable bonds is 7. The molecule has 0 spiro atoms. The SMILES string of the molecule is CCc1ccc2c(COC(=O)CCCN3C(=O)c4ccccc4C3=O)cc(=O)oc2c1. The molecule has 0 N–H and O–H groups in total. The molecule has 31 heavy (non-hydrogen) atoms. The number of aryl methyl sites for hydroxylation is 1. The second-order valence-corrected chi connectivity index (χ2v) is 7.35. The lowest BCUT2D eigenvalue weighted by Crippen LogP contribution is -2.31. The largest absolute Gasteiger partial charge is 0.461 e. The van der Waals surface area contributed by atoms with Crippen LogP contribution in [0, 0.1) is 0 Å². The van der Waals surface area contributed by atoms with Gasteiger partial charge in [0.15, 0.2) is 0 Å². The van der Waals surface area contributed by atoms with Crippen LogP contribution in [0.25, 0.3) is 11.0 Å². The van der Waals surface area contributed by atoms with Crippen LogP contribution in [0.15, 0.2) is 57.7 Å².